The number of carbonyl (C=O) groups excluding carboxylic acids is 1. The summed E-state index contributed by atoms with van der Waals surface area (Å²) in [7, 11) is 3.56. The van der Waals surface area contributed by atoms with Gasteiger partial charge in [-0.05, 0) is 38.6 Å². The molecule has 27 heavy (non-hydrogen) atoms. The number of likely N-dealkylation sites (tertiary alicyclic amines) is 1. The molecule has 1 atom stereocenters. The first-order valence-corrected chi connectivity index (χ1v) is 10.6. The number of hydrogen-bond donors (Lipinski definition) is 2. The standard InChI is InChI=1S/C20H39N5O.HI/c1-4-18-12-8-9-14-25(18)15-13-21-20(22-16-19(26)24(2)3)23-17-10-6-5-7-11-17;/h17-18H,4-16H2,1-3H3,(H2,21,22,23);1H. The van der Waals surface area contributed by atoms with Crippen LogP contribution in [0.25, 0.3) is 0 Å². The maximum Gasteiger partial charge on any atom is 0.243 e. The van der Waals surface area contributed by atoms with Crippen molar-refractivity contribution in [3.05, 3.63) is 0 Å². The summed E-state index contributed by atoms with van der Waals surface area (Å²) in [5.41, 5.74) is 0. The summed E-state index contributed by atoms with van der Waals surface area (Å²) in [5, 5.41) is 7.04. The fourth-order valence-electron chi connectivity index (χ4n) is 4.02. The molecule has 1 saturated heterocycles. The summed E-state index contributed by atoms with van der Waals surface area (Å²) in [4.78, 5) is 20.7. The Labute approximate surface area is 182 Å². The SMILES string of the molecule is CCC1CCCCN1CCNC(=NCC(=O)N(C)C)NC1CCCCC1.I. The largest absolute Gasteiger partial charge is 0.355 e. The van der Waals surface area contributed by atoms with E-state index in [1.54, 1.807) is 19.0 Å². The zero-order chi connectivity index (χ0) is 18.8. The molecule has 6 nitrogen and oxygen atoms in total. The van der Waals surface area contributed by atoms with Gasteiger partial charge in [-0.25, -0.2) is 4.99 Å². The molecule has 1 aliphatic carbocycles. The maximum atomic E-state index is 11.9. The summed E-state index contributed by atoms with van der Waals surface area (Å²) in [6.07, 6.45) is 11.6. The van der Waals surface area contributed by atoms with Crippen molar-refractivity contribution in [1.29, 1.82) is 0 Å². The molecule has 2 rings (SSSR count). The summed E-state index contributed by atoms with van der Waals surface area (Å²) < 4.78 is 0. The summed E-state index contributed by atoms with van der Waals surface area (Å²) >= 11 is 0. The lowest BCUT2D eigenvalue weighted by Crippen LogP contribution is -2.48. The van der Waals surface area contributed by atoms with Crippen molar-refractivity contribution < 1.29 is 4.79 Å². The first-order chi connectivity index (χ1) is 12.6. The van der Waals surface area contributed by atoms with Crippen LogP contribution >= 0.6 is 24.0 Å². The number of hydrogen-bond acceptors (Lipinski definition) is 3. The smallest absolute Gasteiger partial charge is 0.243 e. The Morgan fingerprint density at radius 2 is 1.81 bits per heavy atom. The Hall–Kier alpha value is -0.570. The molecule has 1 heterocycles. The van der Waals surface area contributed by atoms with Gasteiger partial charge in [-0.3, -0.25) is 9.69 Å². The van der Waals surface area contributed by atoms with Crippen molar-refractivity contribution in [2.24, 2.45) is 4.99 Å². The van der Waals surface area contributed by atoms with Gasteiger partial charge >= 0.3 is 0 Å². The van der Waals surface area contributed by atoms with Gasteiger partial charge in [-0.2, -0.15) is 0 Å². The van der Waals surface area contributed by atoms with Crippen molar-refractivity contribution in [2.75, 3.05) is 40.3 Å². The second kappa shape index (κ2) is 13.6. The van der Waals surface area contributed by atoms with Crippen LogP contribution in [0.1, 0.15) is 64.7 Å². The Morgan fingerprint density at radius 3 is 2.48 bits per heavy atom. The highest BCUT2D eigenvalue weighted by Gasteiger charge is 2.20. The van der Waals surface area contributed by atoms with Gasteiger partial charge in [0.2, 0.25) is 5.91 Å². The van der Waals surface area contributed by atoms with E-state index in [1.807, 2.05) is 0 Å². The number of nitrogens with one attached hydrogen (secondary N) is 2. The van der Waals surface area contributed by atoms with Gasteiger partial charge in [0.1, 0.15) is 6.54 Å². The van der Waals surface area contributed by atoms with Crippen LogP contribution in [0.2, 0.25) is 0 Å². The van der Waals surface area contributed by atoms with Gasteiger partial charge < -0.3 is 15.5 Å². The molecular weight excluding hydrogens is 453 g/mol. The van der Waals surface area contributed by atoms with Crippen LogP contribution in [0.15, 0.2) is 4.99 Å². The van der Waals surface area contributed by atoms with Crippen molar-refractivity contribution >= 4 is 35.8 Å². The molecule has 1 saturated carbocycles. The predicted molar refractivity (Wildman–Crippen MR) is 124 cm³/mol. The molecule has 158 valence electrons. The van der Waals surface area contributed by atoms with E-state index in [2.05, 4.69) is 27.4 Å². The van der Waals surface area contributed by atoms with Crippen LogP contribution in [-0.4, -0.2) is 74.0 Å². The molecule has 2 N–H and O–H groups in total. The Bertz CT molecular complexity index is 452. The molecule has 0 radical (unpaired) electrons. The van der Waals surface area contributed by atoms with Crippen LogP contribution < -0.4 is 10.6 Å². The van der Waals surface area contributed by atoms with Crippen LogP contribution in [0.3, 0.4) is 0 Å². The normalized spacial score (nSPS) is 22.0. The zero-order valence-corrected chi connectivity index (χ0v) is 19.8. The van der Waals surface area contributed by atoms with E-state index >= 15 is 0 Å². The lowest BCUT2D eigenvalue weighted by molar-refractivity contribution is -0.127. The lowest BCUT2D eigenvalue weighted by atomic mass is 9.96. The van der Waals surface area contributed by atoms with Crippen LogP contribution in [-0.2, 0) is 4.79 Å². The van der Waals surface area contributed by atoms with Crippen molar-refractivity contribution in [3.8, 4) is 0 Å². The second-order valence-electron chi connectivity index (χ2n) is 7.95. The number of rotatable bonds is 7. The quantitative estimate of drug-likeness (QED) is 0.326. The first kappa shape index (κ1) is 24.5. The molecule has 1 aliphatic heterocycles. The zero-order valence-electron chi connectivity index (χ0n) is 17.5. The maximum absolute atomic E-state index is 11.9. The third-order valence-corrected chi connectivity index (χ3v) is 5.73. The Kier molecular flexibility index (Phi) is 12.3. The number of carbonyl (C=O) groups is 1. The minimum atomic E-state index is 0. The van der Waals surface area contributed by atoms with Crippen molar-refractivity contribution in [3.63, 3.8) is 0 Å². The highest BCUT2D eigenvalue weighted by Crippen LogP contribution is 2.19. The third kappa shape index (κ3) is 8.98. The summed E-state index contributed by atoms with van der Waals surface area (Å²) in [5.74, 6) is 0.842. The van der Waals surface area contributed by atoms with E-state index in [-0.39, 0.29) is 36.4 Å². The average Bonchev–Trinajstić information content (AvgIpc) is 2.66. The number of nitrogens with zero attached hydrogens (tertiary/aromatic N) is 3. The number of aliphatic imine (C=N–C) groups is 1. The van der Waals surface area contributed by atoms with E-state index < -0.39 is 0 Å². The fourth-order valence-corrected chi connectivity index (χ4v) is 4.02. The van der Waals surface area contributed by atoms with Gasteiger partial charge in [0.05, 0.1) is 0 Å². The lowest BCUT2D eigenvalue weighted by Gasteiger charge is -2.35. The highest BCUT2D eigenvalue weighted by molar-refractivity contribution is 14.0. The van der Waals surface area contributed by atoms with E-state index in [1.165, 1.54) is 64.3 Å². The molecule has 0 aromatic heterocycles. The molecule has 7 heteroatoms. The molecule has 2 aliphatic rings. The van der Waals surface area contributed by atoms with Gasteiger partial charge in [0, 0.05) is 39.3 Å². The number of guanidine groups is 1. The molecule has 0 spiro atoms. The molecule has 0 aromatic carbocycles. The monoisotopic (exact) mass is 493 g/mol. The minimum Gasteiger partial charge on any atom is -0.355 e. The van der Waals surface area contributed by atoms with E-state index in [4.69, 9.17) is 0 Å². The Balaban J connectivity index is 0.00000364. The highest BCUT2D eigenvalue weighted by atomic mass is 127. The summed E-state index contributed by atoms with van der Waals surface area (Å²) in [6.45, 7) is 5.63. The molecule has 0 aromatic rings. The first-order valence-electron chi connectivity index (χ1n) is 10.6. The predicted octanol–water partition coefficient (Wildman–Crippen LogP) is 2.83. The van der Waals surface area contributed by atoms with Gasteiger partial charge in [0.25, 0.3) is 0 Å². The second-order valence-corrected chi connectivity index (χ2v) is 7.95. The fraction of sp³-hybridized carbons (Fsp3) is 0.900. The summed E-state index contributed by atoms with van der Waals surface area (Å²) in [6, 6.07) is 1.22. The average molecular weight is 493 g/mol. The van der Waals surface area contributed by atoms with Crippen molar-refractivity contribution in [1.82, 2.24) is 20.4 Å². The third-order valence-electron chi connectivity index (χ3n) is 5.73. The minimum absolute atomic E-state index is 0. The molecule has 0 bridgehead atoms. The van der Waals surface area contributed by atoms with Gasteiger partial charge in [0.15, 0.2) is 5.96 Å². The van der Waals surface area contributed by atoms with Crippen LogP contribution in [0, 0.1) is 0 Å². The van der Waals surface area contributed by atoms with Gasteiger partial charge in [-0.1, -0.05) is 32.6 Å². The topological polar surface area (TPSA) is 60.0 Å². The van der Waals surface area contributed by atoms with E-state index in [0.717, 1.165) is 25.1 Å². The number of amides is 1. The number of likely N-dealkylation sites (N-methyl/N-ethyl adjacent to an activating group) is 1. The van der Waals surface area contributed by atoms with E-state index in [0.29, 0.717) is 6.04 Å². The van der Waals surface area contributed by atoms with Gasteiger partial charge in [-0.15, -0.1) is 24.0 Å². The number of piperidine rings is 1. The van der Waals surface area contributed by atoms with E-state index in [9.17, 15) is 4.79 Å². The van der Waals surface area contributed by atoms with Crippen LogP contribution in [0.5, 0.6) is 0 Å². The van der Waals surface area contributed by atoms with Crippen molar-refractivity contribution in [2.45, 2.75) is 76.8 Å². The Morgan fingerprint density at radius 1 is 1.11 bits per heavy atom. The molecular formula is C20H40IN5O. The molecule has 1 unspecified atom stereocenters. The van der Waals surface area contributed by atoms with Crippen LogP contribution in [0.4, 0.5) is 0 Å². The molecule has 2 fully saturated rings. The molecule has 1 amide bonds. The number of halogens is 1.